The zero-order valence-electron chi connectivity index (χ0n) is 15.0. The molecule has 0 unspecified atom stereocenters. The Morgan fingerprint density at radius 3 is 2.33 bits per heavy atom. The minimum atomic E-state index is -2.88. The molecule has 2 aromatic carbocycles. The smallest absolute Gasteiger partial charge is 0.387 e. The topological polar surface area (TPSA) is 69.0 Å². The quantitative estimate of drug-likeness (QED) is 0.734. The molecule has 0 aliphatic carbocycles. The number of alkyl halides is 2. The molecule has 3 aromatic rings. The molecule has 0 radical (unpaired) electrons. The highest BCUT2D eigenvalue weighted by Crippen LogP contribution is 2.22. The third-order valence-corrected chi connectivity index (χ3v) is 3.94. The van der Waals surface area contributed by atoms with Crippen molar-refractivity contribution in [1.29, 1.82) is 0 Å². The number of anilines is 1. The normalized spacial score (nSPS) is 10.9. The molecular formula is C19H18F2N4O2. The van der Waals surface area contributed by atoms with Crippen molar-refractivity contribution in [3.05, 3.63) is 65.2 Å². The van der Waals surface area contributed by atoms with Crippen molar-refractivity contribution >= 4 is 11.6 Å². The SMILES string of the molecule is Cc1cc(C)c(NC(=O)c2ncn(-c3ccc(OC(F)F)cc3)n2)c(C)c1. The Hall–Kier alpha value is -3.29. The predicted octanol–water partition coefficient (Wildman–Crippen LogP) is 4.05. The fourth-order valence-corrected chi connectivity index (χ4v) is 2.82. The second-order valence-electron chi connectivity index (χ2n) is 6.11. The van der Waals surface area contributed by atoms with Crippen LogP contribution in [-0.4, -0.2) is 27.3 Å². The van der Waals surface area contributed by atoms with Crippen LogP contribution in [0.5, 0.6) is 5.75 Å². The molecule has 140 valence electrons. The average molecular weight is 372 g/mol. The average Bonchev–Trinajstić information content (AvgIpc) is 3.08. The minimum absolute atomic E-state index is 0.00211. The third-order valence-electron chi connectivity index (χ3n) is 3.94. The molecule has 0 aliphatic rings. The van der Waals surface area contributed by atoms with Gasteiger partial charge >= 0.3 is 6.61 Å². The summed E-state index contributed by atoms with van der Waals surface area (Å²) in [6, 6.07) is 9.84. The van der Waals surface area contributed by atoms with Crippen molar-refractivity contribution in [2.24, 2.45) is 0 Å². The van der Waals surface area contributed by atoms with Gasteiger partial charge in [-0.2, -0.15) is 8.78 Å². The molecular weight excluding hydrogens is 354 g/mol. The summed E-state index contributed by atoms with van der Waals surface area (Å²) >= 11 is 0. The van der Waals surface area contributed by atoms with E-state index in [-0.39, 0.29) is 11.6 Å². The van der Waals surface area contributed by atoms with Crippen LogP contribution in [0.15, 0.2) is 42.7 Å². The summed E-state index contributed by atoms with van der Waals surface area (Å²) in [5.74, 6) is -0.388. The van der Waals surface area contributed by atoms with E-state index < -0.39 is 12.5 Å². The molecule has 3 rings (SSSR count). The van der Waals surface area contributed by atoms with Gasteiger partial charge in [-0.05, 0) is 56.2 Å². The van der Waals surface area contributed by atoms with Gasteiger partial charge in [0.05, 0.1) is 5.69 Å². The van der Waals surface area contributed by atoms with Crippen LogP contribution in [-0.2, 0) is 0 Å². The second-order valence-corrected chi connectivity index (χ2v) is 6.11. The van der Waals surface area contributed by atoms with Gasteiger partial charge in [-0.1, -0.05) is 17.7 Å². The molecule has 1 aromatic heterocycles. The maximum atomic E-state index is 12.5. The molecule has 0 bridgehead atoms. The van der Waals surface area contributed by atoms with Gasteiger partial charge < -0.3 is 10.1 Å². The Morgan fingerprint density at radius 2 is 1.74 bits per heavy atom. The lowest BCUT2D eigenvalue weighted by Gasteiger charge is -2.11. The molecule has 0 fully saturated rings. The van der Waals surface area contributed by atoms with E-state index in [0.717, 1.165) is 22.4 Å². The van der Waals surface area contributed by atoms with Crippen molar-refractivity contribution in [3.63, 3.8) is 0 Å². The van der Waals surface area contributed by atoms with Crippen LogP contribution in [0, 0.1) is 20.8 Å². The summed E-state index contributed by atoms with van der Waals surface area (Å²) in [6.07, 6.45) is 1.38. The molecule has 0 saturated heterocycles. The van der Waals surface area contributed by atoms with Gasteiger partial charge in [0.25, 0.3) is 5.91 Å². The van der Waals surface area contributed by atoms with Crippen molar-refractivity contribution in [1.82, 2.24) is 14.8 Å². The Balaban J connectivity index is 1.76. The third kappa shape index (κ3) is 4.28. The number of aryl methyl sites for hydroxylation is 3. The van der Waals surface area contributed by atoms with E-state index in [2.05, 4.69) is 20.1 Å². The maximum Gasteiger partial charge on any atom is 0.387 e. The number of nitrogens with one attached hydrogen (secondary N) is 1. The molecule has 0 aliphatic heterocycles. The Morgan fingerprint density at radius 1 is 1.11 bits per heavy atom. The van der Waals surface area contributed by atoms with E-state index in [1.807, 2.05) is 32.9 Å². The lowest BCUT2D eigenvalue weighted by atomic mass is 10.1. The first-order valence-electron chi connectivity index (χ1n) is 8.19. The van der Waals surface area contributed by atoms with E-state index in [9.17, 15) is 13.6 Å². The van der Waals surface area contributed by atoms with E-state index in [1.54, 1.807) is 12.1 Å². The van der Waals surface area contributed by atoms with Gasteiger partial charge in [-0.3, -0.25) is 4.79 Å². The predicted molar refractivity (Wildman–Crippen MR) is 96.6 cm³/mol. The maximum absolute atomic E-state index is 12.5. The number of amides is 1. The number of halogens is 2. The Kier molecular flexibility index (Phi) is 5.16. The van der Waals surface area contributed by atoms with E-state index in [4.69, 9.17) is 0 Å². The highest BCUT2D eigenvalue weighted by Gasteiger charge is 2.15. The van der Waals surface area contributed by atoms with E-state index in [1.165, 1.54) is 23.1 Å². The van der Waals surface area contributed by atoms with Crippen LogP contribution < -0.4 is 10.1 Å². The monoisotopic (exact) mass is 372 g/mol. The summed E-state index contributed by atoms with van der Waals surface area (Å²) in [4.78, 5) is 16.5. The number of benzene rings is 2. The zero-order chi connectivity index (χ0) is 19.6. The molecule has 0 spiro atoms. The molecule has 1 N–H and O–H groups in total. The molecule has 27 heavy (non-hydrogen) atoms. The first kappa shape index (κ1) is 18.5. The van der Waals surface area contributed by atoms with Crippen LogP contribution in [0.2, 0.25) is 0 Å². The summed E-state index contributed by atoms with van der Waals surface area (Å²) in [5.41, 5.74) is 4.32. The van der Waals surface area contributed by atoms with Gasteiger partial charge in [0.2, 0.25) is 5.82 Å². The number of rotatable bonds is 5. The zero-order valence-corrected chi connectivity index (χ0v) is 15.0. The van der Waals surface area contributed by atoms with Crippen LogP contribution in [0.4, 0.5) is 14.5 Å². The summed E-state index contributed by atoms with van der Waals surface area (Å²) in [7, 11) is 0. The lowest BCUT2D eigenvalue weighted by Crippen LogP contribution is -2.16. The van der Waals surface area contributed by atoms with Crippen LogP contribution in [0.25, 0.3) is 5.69 Å². The van der Waals surface area contributed by atoms with Crippen LogP contribution >= 0.6 is 0 Å². The molecule has 1 heterocycles. The van der Waals surface area contributed by atoms with Gasteiger partial charge in [0.15, 0.2) is 0 Å². The number of carbonyl (C=O) groups excluding carboxylic acids is 1. The number of ether oxygens (including phenoxy) is 1. The summed E-state index contributed by atoms with van der Waals surface area (Å²) in [6.45, 7) is 2.95. The number of hydrogen-bond acceptors (Lipinski definition) is 4. The van der Waals surface area contributed by atoms with Crippen LogP contribution in [0.1, 0.15) is 27.3 Å². The number of hydrogen-bond donors (Lipinski definition) is 1. The molecule has 8 heteroatoms. The summed E-state index contributed by atoms with van der Waals surface area (Å²) in [5, 5.41) is 6.99. The van der Waals surface area contributed by atoms with Crippen molar-refractivity contribution in [2.45, 2.75) is 27.4 Å². The molecule has 0 atom stereocenters. The van der Waals surface area contributed by atoms with Gasteiger partial charge in [-0.15, -0.1) is 5.10 Å². The van der Waals surface area contributed by atoms with Gasteiger partial charge in [0.1, 0.15) is 12.1 Å². The first-order chi connectivity index (χ1) is 12.8. The number of nitrogens with zero attached hydrogens (tertiary/aromatic N) is 3. The number of aromatic nitrogens is 3. The minimum Gasteiger partial charge on any atom is -0.435 e. The summed E-state index contributed by atoms with van der Waals surface area (Å²) < 4.78 is 30.1. The fraction of sp³-hybridized carbons (Fsp3) is 0.211. The highest BCUT2D eigenvalue weighted by atomic mass is 19.3. The fourth-order valence-electron chi connectivity index (χ4n) is 2.82. The van der Waals surface area contributed by atoms with Crippen LogP contribution in [0.3, 0.4) is 0 Å². The van der Waals surface area contributed by atoms with Crippen molar-refractivity contribution < 1.29 is 18.3 Å². The number of carbonyl (C=O) groups is 1. The van der Waals surface area contributed by atoms with E-state index >= 15 is 0 Å². The first-order valence-corrected chi connectivity index (χ1v) is 8.19. The van der Waals surface area contributed by atoms with Gasteiger partial charge in [0, 0.05) is 5.69 Å². The largest absolute Gasteiger partial charge is 0.435 e. The molecule has 1 amide bonds. The lowest BCUT2D eigenvalue weighted by molar-refractivity contribution is -0.0498. The van der Waals surface area contributed by atoms with Crippen molar-refractivity contribution in [2.75, 3.05) is 5.32 Å². The standard InChI is InChI=1S/C19H18F2N4O2/c1-11-8-12(2)16(13(3)9-11)23-18(26)17-22-10-25(24-17)14-4-6-15(7-5-14)27-19(20)21/h4-10,19H,1-3H3,(H,23,26). The van der Waals surface area contributed by atoms with Gasteiger partial charge in [-0.25, -0.2) is 9.67 Å². The molecule has 6 nitrogen and oxygen atoms in total. The Labute approximate surface area is 154 Å². The second kappa shape index (κ2) is 7.53. The Bertz CT molecular complexity index is 945. The van der Waals surface area contributed by atoms with E-state index in [0.29, 0.717) is 5.69 Å². The highest BCUT2D eigenvalue weighted by molar-refractivity contribution is 6.02. The van der Waals surface area contributed by atoms with Crippen molar-refractivity contribution in [3.8, 4) is 11.4 Å². The molecule has 0 saturated carbocycles.